The number of aromatic nitrogens is 2. The highest BCUT2D eigenvalue weighted by molar-refractivity contribution is 5.73. The molecule has 7 heteroatoms. The zero-order valence-corrected chi connectivity index (χ0v) is 11.3. The van der Waals surface area contributed by atoms with Gasteiger partial charge in [-0.25, -0.2) is 9.78 Å². The standard InChI is InChI=1S/C12H20N4O3/c1-3-19-6-4-5-13-12(18)14-8-10-15-9(2)7-11(17)16-10/h7H,3-6,8H2,1-2H3,(H2,13,14,18)(H,15,16,17). The lowest BCUT2D eigenvalue weighted by Crippen LogP contribution is -2.36. The molecule has 0 radical (unpaired) electrons. The highest BCUT2D eigenvalue weighted by Crippen LogP contribution is 1.89. The Morgan fingerprint density at radius 1 is 1.47 bits per heavy atom. The zero-order valence-electron chi connectivity index (χ0n) is 11.3. The number of urea groups is 1. The Kier molecular flexibility index (Phi) is 6.59. The van der Waals surface area contributed by atoms with Gasteiger partial charge in [0.15, 0.2) is 0 Å². The summed E-state index contributed by atoms with van der Waals surface area (Å²) in [6.45, 7) is 5.70. The van der Waals surface area contributed by atoms with Gasteiger partial charge in [0.05, 0.1) is 6.54 Å². The lowest BCUT2D eigenvalue weighted by molar-refractivity contribution is 0.145. The molecule has 0 spiro atoms. The monoisotopic (exact) mass is 268 g/mol. The van der Waals surface area contributed by atoms with Crippen LogP contribution in [-0.2, 0) is 11.3 Å². The van der Waals surface area contributed by atoms with Crippen LogP contribution in [-0.4, -0.2) is 35.8 Å². The van der Waals surface area contributed by atoms with Crippen LogP contribution in [0.2, 0.25) is 0 Å². The van der Waals surface area contributed by atoms with Gasteiger partial charge >= 0.3 is 6.03 Å². The first-order chi connectivity index (χ1) is 9.11. The third-order valence-corrected chi connectivity index (χ3v) is 2.29. The molecule has 0 atom stereocenters. The summed E-state index contributed by atoms with van der Waals surface area (Å²) in [5.74, 6) is 0.439. The molecule has 1 aromatic rings. The van der Waals surface area contributed by atoms with Crippen LogP contribution in [0, 0.1) is 6.92 Å². The Bertz CT molecular complexity index is 459. The number of carbonyl (C=O) groups excluding carboxylic acids is 1. The molecule has 0 unspecified atom stereocenters. The topological polar surface area (TPSA) is 96.1 Å². The molecule has 0 aromatic carbocycles. The fourth-order valence-corrected chi connectivity index (χ4v) is 1.47. The number of nitrogens with one attached hydrogen (secondary N) is 3. The highest BCUT2D eigenvalue weighted by atomic mass is 16.5. The van der Waals surface area contributed by atoms with Crippen molar-refractivity contribution in [2.24, 2.45) is 0 Å². The lowest BCUT2D eigenvalue weighted by Gasteiger charge is -2.07. The molecule has 106 valence electrons. The summed E-state index contributed by atoms with van der Waals surface area (Å²) in [5, 5.41) is 5.31. The van der Waals surface area contributed by atoms with E-state index in [1.165, 1.54) is 6.07 Å². The largest absolute Gasteiger partial charge is 0.382 e. The minimum Gasteiger partial charge on any atom is -0.382 e. The number of aromatic amines is 1. The van der Waals surface area contributed by atoms with Crippen molar-refractivity contribution in [2.45, 2.75) is 26.8 Å². The fraction of sp³-hybridized carbons (Fsp3) is 0.583. The number of nitrogens with zero attached hydrogens (tertiary/aromatic N) is 1. The zero-order chi connectivity index (χ0) is 14.1. The summed E-state index contributed by atoms with van der Waals surface area (Å²) in [6.07, 6.45) is 0.765. The summed E-state index contributed by atoms with van der Waals surface area (Å²) in [7, 11) is 0. The molecule has 1 rings (SSSR count). The van der Waals surface area contributed by atoms with Crippen molar-refractivity contribution >= 4 is 6.03 Å². The maximum atomic E-state index is 11.4. The average Bonchev–Trinajstić information content (AvgIpc) is 2.35. The molecule has 1 heterocycles. The van der Waals surface area contributed by atoms with E-state index in [1.807, 2.05) is 6.92 Å². The second-order valence-electron chi connectivity index (χ2n) is 3.99. The number of ether oxygens (including phenoxy) is 1. The molecule has 0 bridgehead atoms. The number of hydrogen-bond acceptors (Lipinski definition) is 4. The van der Waals surface area contributed by atoms with Gasteiger partial charge in [-0.2, -0.15) is 0 Å². The van der Waals surface area contributed by atoms with Crippen molar-refractivity contribution in [3.63, 3.8) is 0 Å². The fourth-order valence-electron chi connectivity index (χ4n) is 1.47. The molecule has 0 aliphatic carbocycles. The number of carbonyl (C=O) groups is 1. The van der Waals surface area contributed by atoms with Gasteiger partial charge in [-0.15, -0.1) is 0 Å². The van der Waals surface area contributed by atoms with Crippen LogP contribution in [0.5, 0.6) is 0 Å². The van der Waals surface area contributed by atoms with E-state index in [1.54, 1.807) is 6.92 Å². The highest BCUT2D eigenvalue weighted by Gasteiger charge is 2.02. The van der Waals surface area contributed by atoms with Gasteiger partial charge in [-0.3, -0.25) is 4.79 Å². The van der Waals surface area contributed by atoms with Crippen molar-refractivity contribution in [3.8, 4) is 0 Å². The molecule has 0 aliphatic rings. The molecule has 0 fully saturated rings. The van der Waals surface area contributed by atoms with Crippen LogP contribution in [0.25, 0.3) is 0 Å². The normalized spacial score (nSPS) is 10.2. The molecular formula is C12H20N4O3. The van der Waals surface area contributed by atoms with Crippen molar-refractivity contribution in [2.75, 3.05) is 19.8 Å². The first kappa shape index (κ1) is 15.2. The van der Waals surface area contributed by atoms with Crippen LogP contribution < -0.4 is 16.2 Å². The Balaban J connectivity index is 2.24. The van der Waals surface area contributed by atoms with E-state index in [2.05, 4.69) is 20.6 Å². The summed E-state index contributed by atoms with van der Waals surface area (Å²) in [6, 6.07) is 1.11. The van der Waals surface area contributed by atoms with E-state index >= 15 is 0 Å². The smallest absolute Gasteiger partial charge is 0.315 e. The first-order valence-electron chi connectivity index (χ1n) is 6.28. The number of H-pyrrole nitrogens is 1. The maximum Gasteiger partial charge on any atom is 0.315 e. The van der Waals surface area contributed by atoms with E-state index in [0.717, 1.165) is 6.42 Å². The van der Waals surface area contributed by atoms with E-state index in [4.69, 9.17) is 4.74 Å². The van der Waals surface area contributed by atoms with Gasteiger partial charge in [0.1, 0.15) is 5.82 Å². The number of aryl methyl sites for hydroxylation is 1. The Morgan fingerprint density at radius 2 is 2.26 bits per heavy atom. The molecule has 0 aliphatic heterocycles. The van der Waals surface area contributed by atoms with Crippen LogP contribution in [0.15, 0.2) is 10.9 Å². The van der Waals surface area contributed by atoms with Gasteiger partial charge in [-0.1, -0.05) is 0 Å². The summed E-state index contributed by atoms with van der Waals surface area (Å²) < 4.78 is 5.15. The van der Waals surface area contributed by atoms with Crippen molar-refractivity contribution in [3.05, 3.63) is 27.9 Å². The summed E-state index contributed by atoms with van der Waals surface area (Å²) >= 11 is 0. The van der Waals surface area contributed by atoms with Gasteiger partial charge < -0.3 is 20.4 Å². The molecule has 0 saturated carbocycles. The first-order valence-corrected chi connectivity index (χ1v) is 6.28. The van der Waals surface area contributed by atoms with Gasteiger partial charge in [-0.05, 0) is 20.3 Å². The third kappa shape index (κ3) is 6.56. The Labute approximate surface area is 111 Å². The number of amides is 2. The van der Waals surface area contributed by atoms with Gasteiger partial charge in [0.25, 0.3) is 5.56 Å². The van der Waals surface area contributed by atoms with Crippen LogP contribution >= 0.6 is 0 Å². The van der Waals surface area contributed by atoms with E-state index in [0.29, 0.717) is 31.3 Å². The average molecular weight is 268 g/mol. The number of hydrogen-bond donors (Lipinski definition) is 3. The van der Waals surface area contributed by atoms with Crippen LogP contribution in [0.3, 0.4) is 0 Å². The molecule has 2 amide bonds. The van der Waals surface area contributed by atoms with Crippen LogP contribution in [0.4, 0.5) is 4.79 Å². The molecule has 3 N–H and O–H groups in total. The van der Waals surface area contributed by atoms with E-state index in [-0.39, 0.29) is 18.1 Å². The third-order valence-electron chi connectivity index (χ3n) is 2.29. The molecule has 7 nitrogen and oxygen atoms in total. The van der Waals surface area contributed by atoms with Crippen molar-refractivity contribution < 1.29 is 9.53 Å². The predicted molar refractivity (Wildman–Crippen MR) is 70.9 cm³/mol. The predicted octanol–water partition coefficient (Wildman–Crippen LogP) is 0.304. The second-order valence-corrected chi connectivity index (χ2v) is 3.99. The molecule has 0 saturated heterocycles. The molecular weight excluding hydrogens is 248 g/mol. The van der Waals surface area contributed by atoms with E-state index < -0.39 is 0 Å². The van der Waals surface area contributed by atoms with Gasteiger partial charge in [0.2, 0.25) is 0 Å². The summed E-state index contributed by atoms with van der Waals surface area (Å²) in [4.78, 5) is 29.3. The summed E-state index contributed by atoms with van der Waals surface area (Å²) in [5.41, 5.74) is 0.402. The Morgan fingerprint density at radius 3 is 2.95 bits per heavy atom. The van der Waals surface area contributed by atoms with E-state index in [9.17, 15) is 9.59 Å². The maximum absolute atomic E-state index is 11.4. The Hall–Kier alpha value is -1.89. The second kappa shape index (κ2) is 8.25. The van der Waals surface area contributed by atoms with Crippen molar-refractivity contribution in [1.82, 2.24) is 20.6 Å². The quantitative estimate of drug-likeness (QED) is 0.620. The van der Waals surface area contributed by atoms with Crippen molar-refractivity contribution in [1.29, 1.82) is 0 Å². The molecule has 19 heavy (non-hydrogen) atoms. The molecule has 1 aromatic heterocycles. The minimum atomic E-state index is -0.291. The number of rotatable bonds is 7. The van der Waals surface area contributed by atoms with Crippen LogP contribution in [0.1, 0.15) is 24.9 Å². The lowest BCUT2D eigenvalue weighted by atomic mass is 10.4. The SMILES string of the molecule is CCOCCCNC(=O)NCc1nc(C)cc(=O)[nH]1. The van der Waals surface area contributed by atoms with Gasteiger partial charge in [0, 0.05) is 31.5 Å². The minimum absolute atomic E-state index is 0.189.